The molecule has 0 fully saturated rings. The van der Waals surface area contributed by atoms with Gasteiger partial charge in [-0.1, -0.05) is 6.07 Å². The van der Waals surface area contributed by atoms with Gasteiger partial charge in [-0.25, -0.2) is 27.9 Å². The average Bonchev–Trinajstić information content (AvgIpc) is 2.78. The molecular formula is C22H20F3N3O3S. The SMILES string of the molecule is COc1cc(C(F)F)c(F)cc1CCNc1cc(-c2ccc(C(=O)O)c(SC)c2)ncn1. The van der Waals surface area contributed by atoms with Crippen LogP contribution in [-0.4, -0.2) is 41.0 Å². The van der Waals surface area contributed by atoms with Crippen LogP contribution in [0.2, 0.25) is 0 Å². The van der Waals surface area contributed by atoms with Crippen LogP contribution >= 0.6 is 11.8 Å². The maximum absolute atomic E-state index is 13.9. The molecule has 0 aliphatic heterocycles. The summed E-state index contributed by atoms with van der Waals surface area (Å²) in [7, 11) is 1.34. The molecule has 0 saturated carbocycles. The molecule has 32 heavy (non-hydrogen) atoms. The lowest BCUT2D eigenvalue weighted by Gasteiger charge is -2.13. The molecule has 1 heterocycles. The number of aromatic carboxylic acids is 1. The number of thioether (sulfide) groups is 1. The van der Waals surface area contributed by atoms with Crippen LogP contribution in [0.3, 0.4) is 0 Å². The Hall–Kier alpha value is -3.27. The van der Waals surface area contributed by atoms with E-state index in [1.54, 1.807) is 24.5 Å². The van der Waals surface area contributed by atoms with Gasteiger partial charge >= 0.3 is 5.97 Å². The number of anilines is 1. The highest BCUT2D eigenvalue weighted by Crippen LogP contribution is 2.30. The monoisotopic (exact) mass is 463 g/mol. The first-order valence-corrected chi connectivity index (χ1v) is 10.7. The zero-order valence-electron chi connectivity index (χ0n) is 17.2. The van der Waals surface area contributed by atoms with E-state index in [9.17, 15) is 23.1 Å². The fourth-order valence-electron chi connectivity index (χ4n) is 3.13. The Balaban J connectivity index is 1.74. The first-order chi connectivity index (χ1) is 15.3. The molecule has 2 N–H and O–H groups in total. The molecule has 168 valence electrons. The zero-order valence-corrected chi connectivity index (χ0v) is 18.0. The van der Waals surface area contributed by atoms with E-state index >= 15 is 0 Å². The molecule has 0 amide bonds. The summed E-state index contributed by atoms with van der Waals surface area (Å²) in [4.78, 5) is 20.3. The number of aromatic nitrogens is 2. The first-order valence-electron chi connectivity index (χ1n) is 9.46. The molecule has 2 aromatic carbocycles. The van der Waals surface area contributed by atoms with Gasteiger partial charge in [-0.05, 0) is 42.5 Å². The van der Waals surface area contributed by atoms with Crippen molar-refractivity contribution in [1.82, 2.24) is 9.97 Å². The second-order valence-electron chi connectivity index (χ2n) is 6.67. The topological polar surface area (TPSA) is 84.3 Å². The maximum Gasteiger partial charge on any atom is 0.336 e. The van der Waals surface area contributed by atoms with Crippen molar-refractivity contribution in [2.45, 2.75) is 17.7 Å². The lowest BCUT2D eigenvalue weighted by Crippen LogP contribution is -2.08. The highest BCUT2D eigenvalue weighted by molar-refractivity contribution is 7.98. The molecule has 0 spiro atoms. The van der Waals surface area contributed by atoms with E-state index in [4.69, 9.17) is 4.74 Å². The molecule has 0 aliphatic rings. The molecule has 0 aliphatic carbocycles. The van der Waals surface area contributed by atoms with Crippen LogP contribution in [0.4, 0.5) is 19.0 Å². The Bertz CT molecular complexity index is 1130. The average molecular weight is 463 g/mol. The number of rotatable bonds is 9. The smallest absolute Gasteiger partial charge is 0.336 e. The van der Waals surface area contributed by atoms with Crippen molar-refractivity contribution in [2.75, 3.05) is 25.2 Å². The molecule has 0 bridgehead atoms. The molecular weight excluding hydrogens is 443 g/mol. The number of halogens is 3. The number of hydrogen-bond donors (Lipinski definition) is 2. The second-order valence-corrected chi connectivity index (χ2v) is 7.52. The lowest BCUT2D eigenvalue weighted by atomic mass is 10.1. The summed E-state index contributed by atoms with van der Waals surface area (Å²) < 4.78 is 44.8. The highest BCUT2D eigenvalue weighted by Gasteiger charge is 2.17. The van der Waals surface area contributed by atoms with Gasteiger partial charge in [0.1, 0.15) is 23.7 Å². The number of nitrogens with one attached hydrogen (secondary N) is 1. The van der Waals surface area contributed by atoms with Gasteiger partial charge in [0.25, 0.3) is 6.43 Å². The summed E-state index contributed by atoms with van der Waals surface area (Å²) in [6, 6.07) is 8.73. The predicted octanol–water partition coefficient (Wildman–Crippen LogP) is 5.30. The molecule has 6 nitrogen and oxygen atoms in total. The number of carbonyl (C=O) groups is 1. The van der Waals surface area contributed by atoms with Crippen molar-refractivity contribution >= 4 is 23.5 Å². The van der Waals surface area contributed by atoms with Crippen molar-refractivity contribution in [2.24, 2.45) is 0 Å². The number of benzene rings is 2. The van der Waals surface area contributed by atoms with Crippen LogP contribution in [0, 0.1) is 5.82 Å². The molecule has 3 rings (SSSR count). The Labute approximate surface area is 186 Å². The van der Waals surface area contributed by atoms with Gasteiger partial charge in [-0.2, -0.15) is 0 Å². The van der Waals surface area contributed by atoms with E-state index in [0.29, 0.717) is 34.9 Å². The maximum atomic E-state index is 13.9. The summed E-state index contributed by atoms with van der Waals surface area (Å²) in [5.74, 6) is -1.28. The van der Waals surface area contributed by atoms with E-state index in [1.165, 1.54) is 31.3 Å². The van der Waals surface area contributed by atoms with E-state index < -0.39 is 23.8 Å². The summed E-state index contributed by atoms with van der Waals surface area (Å²) in [5.41, 5.74) is 1.30. The normalized spacial score (nSPS) is 10.9. The summed E-state index contributed by atoms with van der Waals surface area (Å²) in [6.07, 6.45) is 0.557. The fourth-order valence-corrected chi connectivity index (χ4v) is 3.75. The van der Waals surface area contributed by atoms with Crippen LogP contribution in [0.5, 0.6) is 5.75 Å². The molecule has 0 saturated heterocycles. The van der Waals surface area contributed by atoms with E-state index in [2.05, 4.69) is 15.3 Å². The summed E-state index contributed by atoms with van der Waals surface area (Å²) >= 11 is 1.33. The fraction of sp³-hybridized carbons (Fsp3) is 0.227. The van der Waals surface area contributed by atoms with Crippen molar-refractivity contribution < 1.29 is 27.8 Å². The third-order valence-corrected chi connectivity index (χ3v) is 5.51. The third-order valence-electron chi connectivity index (χ3n) is 4.73. The zero-order chi connectivity index (χ0) is 23.3. The number of alkyl halides is 2. The van der Waals surface area contributed by atoms with E-state index in [0.717, 1.165) is 17.7 Å². The summed E-state index contributed by atoms with van der Waals surface area (Å²) in [6.45, 7) is 0.342. The minimum absolute atomic E-state index is 0.190. The van der Waals surface area contributed by atoms with Crippen LogP contribution in [-0.2, 0) is 6.42 Å². The molecule has 3 aromatic rings. The Morgan fingerprint density at radius 3 is 2.66 bits per heavy atom. The van der Waals surface area contributed by atoms with Crippen LogP contribution < -0.4 is 10.1 Å². The van der Waals surface area contributed by atoms with Gasteiger partial charge in [0, 0.05) is 23.1 Å². The molecule has 10 heteroatoms. The van der Waals surface area contributed by atoms with Crippen molar-refractivity contribution in [3.8, 4) is 17.0 Å². The van der Waals surface area contributed by atoms with E-state index in [1.807, 2.05) is 0 Å². The minimum atomic E-state index is -2.92. The van der Waals surface area contributed by atoms with Crippen molar-refractivity contribution in [3.05, 3.63) is 65.2 Å². The van der Waals surface area contributed by atoms with Gasteiger partial charge in [0.15, 0.2) is 0 Å². The van der Waals surface area contributed by atoms with Gasteiger partial charge in [-0.3, -0.25) is 0 Å². The highest BCUT2D eigenvalue weighted by atomic mass is 32.2. The quantitative estimate of drug-likeness (QED) is 0.417. The van der Waals surface area contributed by atoms with Crippen molar-refractivity contribution in [1.29, 1.82) is 0 Å². The number of carboxylic acids is 1. The van der Waals surface area contributed by atoms with Gasteiger partial charge in [0.2, 0.25) is 0 Å². The second kappa shape index (κ2) is 10.4. The number of carboxylic acid groups (broad SMARTS) is 1. The largest absolute Gasteiger partial charge is 0.496 e. The van der Waals surface area contributed by atoms with Crippen molar-refractivity contribution in [3.63, 3.8) is 0 Å². The van der Waals surface area contributed by atoms with Crippen LogP contribution in [0.1, 0.15) is 27.9 Å². The molecule has 0 radical (unpaired) electrons. The lowest BCUT2D eigenvalue weighted by molar-refractivity contribution is 0.0693. The van der Waals surface area contributed by atoms with Gasteiger partial charge in [-0.15, -0.1) is 11.8 Å². The first kappa shape index (κ1) is 23.4. The molecule has 1 aromatic heterocycles. The number of nitrogens with zero attached hydrogens (tertiary/aromatic N) is 2. The predicted molar refractivity (Wildman–Crippen MR) is 116 cm³/mol. The number of hydrogen-bond acceptors (Lipinski definition) is 6. The summed E-state index contributed by atoms with van der Waals surface area (Å²) in [5, 5.41) is 12.4. The number of ether oxygens (including phenoxy) is 1. The standard InChI is InChI=1S/C22H20F3N3O3S/c1-31-18-9-15(21(24)25)16(23)7-13(18)5-6-26-20-10-17(27-11-28-20)12-3-4-14(22(29)30)19(8-12)32-2/h3-4,7-11,21H,5-6H2,1-2H3,(H,29,30)(H,26,27,28). The van der Waals surface area contributed by atoms with Crippen LogP contribution in [0.25, 0.3) is 11.3 Å². The van der Waals surface area contributed by atoms with Gasteiger partial charge in [0.05, 0.1) is 23.9 Å². The Kier molecular flexibility index (Phi) is 7.57. The van der Waals surface area contributed by atoms with Gasteiger partial charge < -0.3 is 15.2 Å². The Morgan fingerprint density at radius 2 is 2.00 bits per heavy atom. The molecule has 0 unspecified atom stereocenters. The number of methoxy groups -OCH3 is 1. The van der Waals surface area contributed by atoms with E-state index in [-0.39, 0.29) is 11.3 Å². The molecule has 0 atom stereocenters. The minimum Gasteiger partial charge on any atom is -0.496 e. The van der Waals surface area contributed by atoms with Crippen LogP contribution in [0.15, 0.2) is 47.6 Å². The third kappa shape index (κ3) is 5.31. The Morgan fingerprint density at radius 1 is 1.22 bits per heavy atom.